The zero-order valence-corrected chi connectivity index (χ0v) is 9.50. The zero-order valence-electron chi connectivity index (χ0n) is 9.50. The summed E-state index contributed by atoms with van der Waals surface area (Å²) in [5.74, 6) is -0.310. The molecule has 1 fully saturated rings. The molecule has 1 aliphatic rings. The highest BCUT2D eigenvalue weighted by Crippen LogP contribution is 2.31. The number of likely N-dealkylation sites (tertiary alicyclic amines) is 1. The van der Waals surface area contributed by atoms with E-state index in [1.807, 2.05) is 13.8 Å². The Hall–Kier alpha value is -1.19. The van der Waals surface area contributed by atoms with Gasteiger partial charge in [-0.15, -0.1) is 0 Å². The Balaban J connectivity index is 2.63. The largest absolute Gasteiger partial charge is 0.300 e. The predicted octanol–water partition coefficient (Wildman–Crippen LogP) is 1.14. The average Bonchev–Trinajstić information content (AvgIpc) is 1.98. The van der Waals surface area contributed by atoms with E-state index in [4.69, 9.17) is 0 Å². The number of carbonyl (C=O) groups excluding carboxylic acids is 3. The van der Waals surface area contributed by atoms with Crippen molar-refractivity contribution in [1.82, 2.24) is 4.90 Å². The monoisotopic (exact) mass is 211 g/mol. The van der Waals surface area contributed by atoms with Crippen LogP contribution in [0.2, 0.25) is 0 Å². The molecule has 0 aromatic heterocycles. The molecule has 1 aliphatic heterocycles. The molecule has 1 saturated heterocycles. The highest BCUT2D eigenvalue weighted by Gasteiger charge is 2.36. The number of rotatable bonds is 3. The average molecular weight is 211 g/mol. The standard InChI is InChI=1S/C11H17NO3/c1-8(13)4-5-12-9(14)6-11(2,3)7-10(12)15/h4-7H2,1-3H3. The third-order valence-corrected chi connectivity index (χ3v) is 2.55. The highest BCUT2D eigenvalue weighted by molar-refractivity contribution is 5.98. The van der Waals surface area contributed by atoms with Gasteiger partial charge < -0.3 is 0 Å². The van der Waals surface area contributed by atoms with Gasteiger partial charge in [0.05, 0.1) is 0 Å². The van der Waals surface area contributed by atoms with Crippen molar-refractivity contribution in [2.75, 3.05) is 6.54 Å². The number of Topliss-reactive ketones (excluding diaryl/α,β-unsaturated/α-hetero) is 1. The molecule has 0 N–H and O–H groups in total. The molecule has 84 valence electrons. The summed E-state index contributed by atoms with van der Waals surface area (Å²) in [6, 6.07) is 0. The van der Waals surface area contributed by atoms with Crippen LogP contribution in [0.25, 0.3) is 0 Å². The summed E-state index contributed by atoms with van der Waals surface area (Å²) in [6.45, 7) is 5.52. The maximum atomic E-state index is 11.6. The smallest absolute Gasteiger partial charge is 0.229 e. The summed E-state index contributed by atoms with van der Waals surface area (Å²) in [6.07, 6.45) is 1.03. The molecule has 0 spiro atoms. The van der Waals surface area contributed by atoms with Crippen molar-refractivity contribution in [2.45, 2.75) is 40.0 Å². The van der Waals surface area contributed by atoms with E-state index < -0.39 is 0 Å². The molecule has 1 rings (SSSR count). The van der Waals surface area contributed by atoms with E-state index in [1.54, 1.807) is 0 Å². The molecule has 0 aromatic rings. The molecular weight excluding hydrogens is 194 g/mol. The van der Waals surface area contributed by atoms with E-state index in [-0.39, 0.29) is 36.0 Å². The van der Waals surface area contributed by atoms with Crippen LogP contribution in [-0.4, -0.2) is 29.0 Å². The van der Waals surface area contributed by atoms with Gasteiger partial charge in [0.15, 0.2) is 0 Å². The molecule has 0 saturated carbocycles. The van der Waals surface area contributed by atoms with Crippen LogP contribution in [0.15, 0.2) is 0 Å². The number of hydrogen-bond acceptors (Lipinski definition) is 3. The number of ketones is 1. The number of amides is 2. The Kier molecular flexibility index (Phi) is 3.27. The lowest BCUT2D eigenvalue weighted by Crippen LogP contribution is -2.46. The van der Waals surface area contributed by atoms with E-state index in [0.29, 0.717) is 12.8 Å². The quantitative estimate of drug-likeness (QED) is 0.658. The Morgan fingerprint density at radius 1 is 1.27 bits per heavy atom. The summed E-state index contributed by atoms with van der Waals surface area (Å²) < 4.78 is 0. The maximum absolute atomic E-state index is 11.6. The lowest BCUT2D eigenvalue weighted by atomic mass is 9.82. The SMILES string of the molecule is CC(=O)CCN1C(=O)CC(C)(C)CC1=O. The Morgan fingerprint density at radius 2 is 1.73 bits per heavy atom. The normalized spacial score (nSPS) is 20.6. The van der Waals surface area contributed by atoms with E-state index >= 15 is 0 Å². The van der Waals surface area contributed by atoms with Crippen LogP contribution in [0.4, 0.5) is 0 Å². The van der Waals surface area contributed by atoms with Gasteiger partial charge in [-0.2, -0.15) is 0 Å². The van der Waals surface area contributed by atoms with Crippen LogP contribution >= 0.6 is 0 Å². The van der Waals surface area contributed by atoms with E-state index in [0.717, 1.165) is 0 Å². The number of piperidine rings is 1. The topological polar surface area (TPSA) is 54.5 Å². The molecule has 4 nitrogen and oxygen atoms in total. The van der Waals surface area contributed by atoms with Gasteiger partial charge in [0.25, 0.3) is 0 Å². The second-order valence-electron chi connectivity index (χ2n) is 4.91. The molecule has 0 atom stereocenters. The summed E-state index contributed by atoms with van der Waals surface area (Å²) >= 11 is 0. The lowest BCUT2D eigenvalue weighted by molar-refractivity contribution is -0.152. The molecule has 2 amide bonds. The molecule has 0 unspecified atom stereocenters. The first-order chi connectivity index (χ1) is 6.82. The minimum atomic E-state index is -0.235. The number of imide groups is 1. The maximum Gasteiger partial charge on any atom is 0.229 e. The van der Waals surface area contributed by atoms with Crippen LogP contribution in [0.5, 0.6) is 0 Å². The molecule has 4 heteroatoms. The van der Waals surface area contributed by atoms with E-state index in [1.165, 1.54) is 11.8 Å². The molecule has 0 radical (unpaired) electrons. The Bertz CT molecular complexity index is 287. The lowest BCUT2D eigenvalue weighted by Gasteiger charge is -2.34. The van der Waals surface area contributed by atoms with Gasteiger partial charge in [-0.3, -0.25) is 19.3 Å². The zero-order chi connectivity index (χ0) is 11.6. The molecule has 15 heavy (non-hydrogen) atoms. The van der Waals surface area contributed by atoms with Crippen molar-refractivity contribution in [3.63, 3.8) is 0 Å². The van der Waals surface area contributed by atoms with Crippen LogP contribution in [0, 0.1) is 5.41 Å². The minimum absolute atomic E-state index is 0.000402. The van der Waals surface area contributed by atoms with Crippen LogP contribution in [0.1, 0.15) is 40.0 Å². The van der Waals surface area contributed by atoms with Gasteiger partial charge >= 0.3 is 0 Å². The van der Waals surface area contributed by atoms with Crippen molar-refractivity contribution in [3.05, 3.63) is 0 Å². The van der Waals surface area contributed by atoms with Crippen molar-refractivity contribution < 1.29 is 14.4 Å². The fourth-order valence-electron chi connectivity index (χ4n) is 1.73. The van der Waals surface area contributed by atoms with Gasteiger partial charge in [0, 0.05) is 25.8 Å². The summed E-state index contributed by atoms with van der Waals surface area (Å²) in [4.78, 5) is 35.2. The van der Waals surface area contributed by atoms with Crippen LogP contribution < -0.4 is 0 Å². The van der Waals surface area contributed by atoms with Crippen molar-refractivity contribution >= 4 is 17.6 Å². The van der Waals surface area contributed by atoms with Gasteiger partial charge in [-0.05, 0) is 12.3 Å². The summed E-state index contributed by atoms with van der Waals surface area (Å²) in [5.41, 5.74) is -0.235. The fraction of sp³-hybridized carbons (Fsp3) is 0.727. The van der Waals surface area contributed by atoms with Gasteiger partial charge in [0.2, 0.25) is 11.8 Å². The molecule has 0 aromatic carbocycles. The van der Waals surface area contributed by atoms with Crippen molar-refractivity contribution in [1.29, 1.82) is 0 Å². The summed E-state index contributed by atoms with van der Waals surface area (Å²) in [7, 11) is 0. The third kappa shape index (κ3) is 3.15. The third-order valence-electron chi connectivity index (χ3n) is 2.55. The van der Waals surface area contributed by atoms with E-state index in [2.05, 4.69) is 0 Å². The van der Waals surface area contributed by atoms with Crippen LogP contribution in [0.3, 0.4) is 0 Å². The highest BCUT2D eigenvalue weighted by atomic mass is 16.2. The first-order valence-electron chi connectivity index (χ1n) is 5.14. The summed E-state index contributed by atoms with van der Waals surface area (Å²) in [5, 5.41) is 0. The van der Waals surface area contributed by atoms with Crippen molar-refractivity contribution in [3.8, 4) is 0 Å². The molecule has 1 heterocycles. The second-order valence-corrected chi connectivity index (χ2v) is 4.91. The first-order valence-corrected chi connectivity index (χ1v) is 5.14. The Labute approximate surface area is 89.6 Å². The number of hydrogen-bond donors (Lipinski definition) is 0. The number of nitrogens with zero attached hydrogens (tertiary/aromatic N) is 1. The fourth-order valence-corrected chi connectivity index (χ4v) is 1.73. The number of carbonyl (C=O) groups is 3. The van der Waals surface area contributed by atoms with E-state index in [9.17, 15) is 14.4 Å². The second kappa shape index (κ2) is 4.13. The minimum Gasteiger partial charge on any atom is -0.300 e. The molecular formula is C11H17NO3. The van der Waals surface area contributed by atoms with Crippen molar-refractivity contribution in [2.24, 2.45) is 5.41 Å². The van der Waals surface area contributed by atoms with Crippen LogP contribution in [-0.2, 0) is 14.4 Å². The first kappa shape index (κ1) is 11.9. The van der Waals surface area contributed by atoms with Gasteiger partial charge in [-0.25, -0.2) is 0 Å². The molecule has 0 bridgehead atoms. The van der Waals surface area contributed by atoms with Gasteiger partial charge in [0.1, 0.15) is 5.78 Å². The van der Waals surface area contributed by atoms with Gasteiger partial charge in [-0.1, -0.05) is 13.8 Å². The Morgan fingerprint density at radius 3 is 2.13 bits per heavy atom. The molecule has 0 aliphatic carbocycles. The predicted molar refractivity (Wildman–Crippen MR) is 55.0 cm³/mol.